The van der Waals surface area contributed by atoms with Crippen molar-refractivity contribution in [1.29, 1.82) is 0 Å². The largest absolute Gasteiger partial charge is 0.479 e. The van der Waals surface area contributed by atoms with Gasteiger partial charge in [-0.1, -0.05) is 23.2 Å². The summed E-state index contributed by atoms with van der Waals surface area (Å²) >= 11 is 12.1. The summed E-state index contributed by atoms with van der Waals surface area (Å²) in [4.78, 5) is 22.0. The van der Waals surface area contributed by atoms with Crippen LogP contribution in [0.3, 0.4) is 0 Å². The van der Waals surface area contributed by atoms with Gasteiger partial charge in [0.2, 0.25) is 0 Å². The topological polar surface area (TPSA) is 130 Å². The van der Waals surface area contributed by atoms with Gasteiger partial charge >= 0.3 is 11.9 Å². The Balaban J connectivity index is 0.000000359. The van der Waals surface area contributed by atoms with Gasteiger partial charge in [-0.3, -0.25) is 4.90 Å². The molecule has 1 heterocycles. The van der Waals surface area contributed by atoms with Gasteiger partial charge in [0.05, 0.1) is 0 Å². The number of aliphatic hydroxyl groups is 2. The maximum Gasteiger partial charge on any atom is 0.335 e. The van der Waals surface area contributed by atoms with Gasteiger partial charge in [0, 0.05) is 29.2 Å². The van der Waals surface area contributed by atoms with Crippen LogP contribution in [0, 0.1) is 5.92 Å². The smallest absolute Gasteiger partial charge is 0.335 e. The van der Waals surface area contributed by atoms with E-state index in [1.165, 1.54) is 12.0 Å². The Labute approximate surface area is 180 Å². The van der Waals surface area contributed by atoms with Gasteiger partial charge in [0.15, 0.2) is 12.2 Å². The van der Waals surface area contributed by atoms with E-state index in [9.17, 15) is 9.59 Å². The van der Waals surface area contributed by atoms with E-state index >= 15 is 0 Å². The zero-order valence-electron chi connectivity index (χ0n) is 16.4. The molecule has 164 valence electrons. The summed E-state index contributed by atoms with van der Waals surface area (Å²) in [7, 11) is 0. The van der Waals surface area contributed by atoms with Crippen molar-refractivity contribution >= 4 is 35.1 Å². The molecule has 0 spiro atoms. The molecule has 1 fully saturated rings. The molecule has 29 heavy (non-hydrogen) atoms. The first-order valence-electron chi connectivity index (χ1n) is 9.22. The Morgan fingerprint density at radius 2 is 1.62 bits per heavy atom. The summed E-state index contributed by atoms with van der Waals surface area (Å²) in [5, 5.41) is 37.4. The molecule has 1 aliphatic rings. The first-order chi connectivity index (χ1) is 13.5. The van der Waals surface area contributed by atoms with Gasteiger partial charge in [0.25, 0.3) is 0 Å². The Hall–Kier alpha value is -1.42. The molecule has 2 unspecified atom stereocenters. The van der Waals surface area contributed by atoms with Crippen LogP contribution in [-0.4, -0.2) is 75.1 Å². The number of carboxylic acids is 2. The number of rotatable bonds is 8. The number of aliphatic hydroxyl groups excluding tert-OH is 2. The van der Waals surface area contributed by atoms with Crippen LogP contribution in [0.25, 0.3) is 0 Å². The van der Waals surface area contributed by atoms with E-state index in [1.54, 1.807) is 6.07 Å². The molecule has 0 saturated carbocycles. The van der Waals surface area contributed by atoms with E-state index in [0.717, 1.165) is 32.1 Å². The molecule has 0 bridgehead atoms. The Morgan fingerprint density at radius 3 is 2.00 bits per heavy atom. The summed E-state index contributed by atoms with van der Waals surface area (Å²) in [6.45, 7) is 8.82. The number of carboxylic acid groups (broad SMARTS) is 2. The molecular formula is C19H28Cl2N2O6. The Bertz CT molecular complexity index is 644. The van der Waals surface area contributed by atoms with Gasteiger partial charge in [-0.15, -0.1) is 0 Å². The molecule has 0 amide bonds. The lowest BCUT2D eigenvalue weighted by molar-refractivity contribution is -0.165. The molecule has 8 nitrogen and oxygen atoms in total. The third kappa shape index (κ3) is 9.29. The molecule has 10 heteroatoms. The van der Waals surface area contributed by atoms with Gasteiger partial charge in [-0.2, -0.15) is 0 Å². The minimum absolute atomic E-state index is 0.526. The number of benzene rings is 1. The molecule has 1 aliphatic heterocycles. The Kier molecular flexibility index (Phi) is 10.9. The average molecular weight is 451 g/mol. The zero-order chi connectivity index (χ0) is 22.1. The van der Waals surface area contributed by atoms with E-state index in [1.807, 2.05) is 12.1 Å². The molecule has 3 atom stereocenters. The number of nitrogens with one attached hydrogen (secondary N) is 1. The second kappa shape index (κ2) is 12.3. The standard InChI is InChI=1S/C15H22Cl2N2.C4H6O6/c1-11(2)19(9-12-3-4-18-8-12)10-13-5-14(16)7-15(17)6-13;5-1(3(7)8)2(6)4(9)10/h5-7,11-12,18H,3-4,8-10H2,1-2H3;1-2,5-6H,(H,7,8)(H,9,10)/t12-;/m1./s1. The SMILES string of the molecule is CC(C)N(Cc1cc(Cl)cc(Cl)c1)C[C@@H]1CCNC1.O=C(O)C(O)C(O)C(=O)O. The van der Waals surface area contributed by atoms with Crippen LogP contribution in [0.2, 0.25) is 10.0 Å². The van der Waals surface area contributed by atoms with E-state index in [4.69, 9.17) is 43.6 Å². The predicted octanol–water partition coefficient (Wildman–Crippen LogP) is 1.69. The molecule has 1 aromatic rings. The normalized spacial score (nSPS) is 18.3. The summed E-state index contributed by atoms with van der Waals surface area (Å²) in [5.41, 5.74) is 1.19. The summed E-state index contributed by atoms with van der Waals surface area (Å²) in [6.07, 6.45) is -3.26. The highest BCUT2D eigenvalue weighted by Crippen LogP contribution is 2.22. The van der Waals surface area contributed by atoms with Gasteiger partial charge in [-0.05, 0) is 63.0 Å². The van der Waals surface area contributed by atoms with Crippen LogP contribution < -0.4 is 5.32 Å². The van der Waals surface area contributed by atoms with Gasteiger partial charge in [0.1, 0.15) is 0 Å². The zero-order valence-corrected chi connectivity index (χ0v) is 17.9. The van der Waals surface area contributed by atoms with E-state index in [2.05, 4.69) is 24.1 Å². The van der Waals surface area contributed by atoms with Crippen molar-refractivity contribution in [3.63, 3.8) is 0 Å². The van der Waals surface area contributed by atoms with E-state index in [0.29, 0.717) is 16.1 Å². The van der Waals surface area contributed by atoms with E-state index < -0.39 is 24.1 Å². The molecule has 1 aromatic carbocycles. The highest BCUT2D eigenvalue weighted by molar-refractivity contribution is 6.34. The fourth-order valence-electron chi connectivity index (χ4n) is 2.87. The molecule has 0 aromatic heterocycles. The fourth-order valence-corrected chi connectivity index (χ4v) is 3.44. The molecular weight excluding hydrogens is 423 g/mol. The van der Waals surface area contributed by atoms with Crippen molar-refractivity contribution < 1.29 is 30.0 Å². The van der Waals surface area contributed by atoms with Crippen molar-refractivity contribution in [2.24, 2.45) is 5.92 Å². The summed E-state index contributed by atoms with van der Waals surface area (Å²) in [5.74, 6) is -2.78. The highest BCUT2D eigenvalue weighted by atomic mass is 35.5. The van der Waals surface area contributed by atoms with Crippen LogP contribution in [-0.2, 0) is 16.1 Å². The number of hydrogen-bond acceptors (Lipinski definition) is 6. The molecule has 1 saturated heterocycles. The van der Waals surface area contributed by atoms with E-state index in [-0.39, 0.29) is 0 Å². The molecule has 0 radical (unpaired) electrons. The third-order valence-corrected chi connectivity index (χ3v) is 4.93. The van der Waals surface area contributed by atoms with Crippen molar-refractivity contribution in [3.8, 4) is 0 Å². The lowest BCUT2D eigenvalue weighted by Gasteiger charge is -2.29. The van der Waals surface area contributed by atoms with Crippen LogP contribution in [0.15, 0.2) is 18.2 Å². The Morgan fingerprint density at radius 1 is 1.10 bits per heavy atom. The maximum absolute atomic E-state index is 9.77. The number of aliphatic carboxylic acids is 2. The van der Waals surface area contributed by atoms with Gasteiger partial charge < -0.3 is 25.7 Å². The van der Waals surface area contributed by atoms with Crippen molar-refractivity contribution in [1.82, 2.24) is 10.2 Å². The van der Waals surface area contributed by atoms with Crippen molar-refractivity contribution in [3.05, 3.63) is 33.8 Å². The molecule has 0 aliphatic carbocycles. The number of nitrogens with zero attached hydrogens (tertiary/aromatic N) is 1. The first kappa shape index (κ1) is 25.6. The minimum Gasteiger partial charge on any atom is -0.479 e. The van der Waals surface area contributed by atoms with Crippen LogP contribution >= 0.6 is 23.2 Å². The maximum atomic E-state index is 9.77. The minimum atomic E-state index is -2.27. The summed E-state index contributed by atoms with van der Waals surface area (Å²) in [6, 6.07) is 6.33. The van der Waals surface area contributed by atoms with Gasteiger partial charge in [-0.25, -0.2) is 9.59 Å². The third-order valence-electron chi connectivity index (χ3n) is 4.50. The molecule has 2 rings (SSSR count). The lowest BCUT2D eigenvalue weighted by Crippen LogP contribution is -2.39. The fraction of sp³-hybridized carbons (Fsp3) is 0.579. The monoisotopic (exact) mass is 450 g/mol. The first-order valence-corrected chi connectivity index (χ1v) is 9.98. The quantitative estimate of drug-likeness (QED) is 0.404. The number of carbonyl (C=O) groups is 2. The number of halogens is 2. The predicted molar refractivity (Wildman–Crippen MR) is 110 cm³/mol. The molecule has 5 N–H and O–H groups in total. The van der Waals surface area contributed by atoms with Crippen molar-refractivity contribution in [2.45, 2.75) is 45.1 Å². The second-order valence-electron chi connectivity index (χ2n) is 7.23. The van der Waals surface area contributed by atoms with Crippen LogP contribution in [0.5, 0.6) is 0 Å². The van der Waals surface area contributed by atoms with Crippen molar-refractivity contribution in [2.75, 3.05) is 19.6 Å². The van der Waals surface area contributed by atoms with Crippen LogP contribution in [0.4, 0.5) is 0 Å². The average Bonchev–Trinajstić information content (AvgIpc) is 3.12. The summed E-state index contributed by atoms with van der Waals surface area (Å²) < 4.78 is 0. The number of hydrogen-bond donors (Lipinski definition) is 5. The lowest BCUT2D eigenvalue weighted by atomic mass is 10.1. The second-order valence-corrected chi connectivity index (χ2v) is 8.10. The van der Waals surface area contributed by atoms with Crippen LogP contribution in [0.1, 0.15) is 25.8 Å². The highest BCUT2D eigenvalue weighted by Gasteiger charge is 2.29.